The summed E-state index contributed by atoms with van der Waals surface area (Å²) in [6.07, 6.45) is 1.04. The zero-order chi connectivity index (χ0) is 13.9. The van der Waals surface area contributed by atoms with E-state index in [0.29, 0.717) is 0 Å². The third-order valence-electron chi connectivity index (χ3n) is 3.54. The van der Waals surface area contributed by atoms with Gasteiger partial charge in [0, 0.05) is 16.8 Å². The molecule has 0 saturated heterocycles. The van der Waals surface area contributed by atoms with Gasteiger partial charge in [-0.05, 0) is 25.0 Å². The highest BCUT2D eigenvalue weighted by molar-refractivity contribution is 5.67. The Labute approximate surface area is 119 Å². The standard InChI is InChI=1S/C18H18N2/c1-3-14-8-7-11-16(12-14)17-13(2)19-18(20-17)15-9-5-4-6-10-15/h4-12H,3H2,1-2H3,(H,19,20). The van der Waals surface area contributed by atoms with Gasteiger partial charge in [0.15, 0.2) is 0 Å². The fourth-order valence-electron chi connectivity index (χ4n) is 2.41. The molecule has 0 amide bonds. The molecule has 1 heterocycles. The van der Waals surface area contributed by atoms with Gasteiger partial charge in [0.25, 0.3) is 0 Å². The number of H-pyrrole nitrogens is 1. The van der Waals surface area contributed by atoms with Gasteiger partial charge in [0.05, 0.1) is 5.69 Å². The molecule has 2 nitrogen and oxygen atoms in total. The third-order valence-corrected chi connectivity index (χ3v) is 3.54. The molecule has 20 heavy (non-hydrogen) atoms. The summed E-state index contributed by atoms with van der Waals surface area (Å²) in [7, 11) is 0. The molecule has 0 unspecified atom stereocenters. The van der Waals surface area contributed by atoms with Crippen molar-refractivity contribution >= 4 is 0 Å². The molecule has 0 aliphatic heterocycles. The highest BCUT2D eigenvalue weighted by Crippen LogP contribution is 2.26. The Balaban J connectivity index is 2.05. The summed E-state index contributed by atoms with van der Waals surface area (Å²) in [6.45, 7) is 4.25. The van der Waals surface area contributed by atoms with Crippen molar-refractivity contribution < 1.29 is 0 Å². The van der Waals surface area contributed by atoms with Gasteiger partial charge < -0.3 is 4.98 Å². The van der Waals surface area contributed by atoms with Crippen LogP contribution < -0.4 is 0 Å². The van der Waals surface area contributed by atoms with Gasteiger partial charge in [-0.1, -0.05) is 55.5 Å². The van der Waals surface area contributed by atoms with Crippen molar-refractivity contribution in [3.63, 3.8) is 0 Å². The molecule has 0 atom stereocenters. The monoisotopic (exact) mass is 262 g/mol. The minimum absolute atomic E-state index is 0.931. The fraction of sp³-hybridized carbons (Fsp3) is 0.167. The van der Waals surface area contributed by atoms with Crippen LogP contribution in [0.25, 0.3) is 22.6 Å². The van der Waals surface area contributed by atoms with Crippen molar-refractivity contribution in [2.45, 2.75) is 20.3 Å². The molecule has 1 N–H and O–H groups in total. The molecule has 3 aromatic rings. The quantitative estimate of drug-likeness (QED) is 0.733. The Morgan fingerprint density at radius 2 is 1.70 bits per heavy atom. The molecule has 0 radical (unpaired) electrons. The summed E-state index contributed by atoms with van der Waals surface area (Å²) in [5, 5.41) is 0. The van der Waals surface area contributed by atoms with Crippen LogP contribution in [0, 0.1) is 6.92 Å². The predicted octanol–water partition coefficient (Wildman–Crippen LogP) is 4.61. The lowest BCUT2D eigenvalue weighted by Crippen LogP contribution is -1.85. The Morgan fingerprint density at radius 3 is 2.45 bits per heavy atom. The van der Waals surface area contributed by atoms with Gasteiger partial charge in [0.1, 0.15) is 5.82 Å². The summed E-state index contributed by atoms with van der Waals surface area (Å²) in [5.41, 5.74) is 5.79. The van der Waals surface area contributed by atoms with E-state index in [-0.39, 0.29) is 0 Å². The molecule has 100 valence electrons. The molecule has 0 bridgehead atoms. The number of benzene rings is 2. The molecule has 0 spiro atoms. The van der Waals surface area contributed by atoms with Crippen LogP contribution in [-0.2, 0) is 6.42 Å². The lowest BCUT2D eigenvalue weighted by molar-refractivity contribution is 1.14. The zero-order valence-corrected chi connectivity index (χ0v) is 11.9. The van der Waals surface area contributed by atoms with Crippen LogP contribution in [0.15, 0.2) is 54.6 Å². The third kappa shape index (κ3) is 2.37. The molecule has 1 aromatic heterocycles. The van der Waals surface area contributed by atoms with E-state index in [1.54, 1.807) is 0 Å². The number of nitrogens with zero attached hydrogens (tertiary/aromatic N) is 1. The van der Waals surface area contributed by atoms with Crippen molar-refractivity contribution in [3.8, 4) is 22.6 Å². The average molecular weight is 262 g/mol. The SMILES string of the molecule is CCc1cccc(-c2nc(-c3ccccc3)[nH]c2C)c1. The molecule has 0 aliphatic rings. The first-order valence-corrected chi connectivity index (χ1v) is 6.99. The van der Waals surface area contributed by atoms with Gasteiger partial charge in [-0.2, -0.15) is 0 Å². The van der Waals surface area contributed by atoms with Crippen LogP contribution in [0.3, 0.4) is 0 Å². The molecule has 0 fully saturated rings. The molecular weight excluding hydrogens is 244 g/mol. The first kappa shape index (κ1) is 12.7. The number of aromatic amines is 1. The first-order chi connectivity index (χ1) is 9.78. The highest BCUT2D eigenvalue weighted by Gasteiger charge is 2.10. The second-order valence-electron chi connectivity index (χ2n) is 4.98. The highest BCUT2D eigenvalue weighted by atomic mass is 14.9. The van der Waals surface area contributed by atoms with Crippen LogP contribution in [0.2, 0.25) is 0 Å². The van der Waals surface area contributed by atoms with Crippen molar-refractivity contribution in [3.05, 3.63) is 65.9 Å². The number of hydrogen-bond acceptors (Lipinski definition) is 1. The summed E-state index contributed by atoms with van der Waals surface area (Å²) in [4.78, 5) is 8.16. The maximum absolute atomic E-state index is 4.77. The summed E-state index contributed by atoms with van der Waals surface area (Å²) in [6, 6.07) is 18.8. The van der Waals surface area contributed by atoms with E-state index >= 15 is 0 Å². The van der Waals surface area contributed by atoms with E-state index in [0.717, 1.165) is 29.2 Å². The van der Waals surface area contributed by atoms with Crippen molar-refractivity contribution in [2.75, 3.05) is 0 Å². The van der Waals surface area contributed by atoms with Gasteiger partial charge >= 0.3 is 0 Å². The second-order valence-corrected chi connectivity index (χ2v) is 4.98. The number of aromatic nitrogens is 2. The minimum atomic E-state index is 0.931. The predicted molar refractivity (Wildman–Crippen MR) is 83.6 cm³/mol. The van der Waals surface area contributed by atoms with Gasteiger partial charge in [0.2, 0.25) is 0 Å². The van der Waals surface area contributed by atoms with Crippen LogP contribution >= 0.6 is 0 Å². The smallest absolute Gasteiger partial charge is 0.138 e. The fourth-order valence-corrected chi connectivity index (χ4v) is 2.41. The lowest BCUT2D eigenvalue weighted by Gasteiger charge is -2.01. The number of imidazole rings is 1. The number of nitrogens with one attached hydrogen (secondary N) is 1. The number of aryl methyl sites for hydroxylation is 2. The molecular formula is C18H18N2. The molecule has 0 saturated carbocycles. The second kappa shape index (κ2) is 5.33. The van der Waals surface area contributed by atoms with E-state index in [4.69, 9.17) is 4.98 Å². The van der Waals surface area contributed by atoms with Crippen molar-refractivity contribution in [2.24, 2.45) is 0 Å². The Kier molecular flexibility index (Phi) is 3.38. The Hall–Kier alpha value is -2.35. The zero-order valence-electron chi connectivity index (χ0n) is 11.9. The molecule has 2 aromatic carbocycles. The van der Waals surface area contributed by atoms with Crippen LogP contribution in [0.1, 0.15) is 18.2 Å². The van der Waals surface area contributed by atoms with E-state index in [1.165, 1.54) is 11.1 Å². The minimum Gasteiger partial charge on any atom is -0.342 e. The van der Waals surface area contributed by atoms with E-state index in [9.17, 15) is 0 Å². The van der Waals surface area contributed by atoms with Gasteiger partial charge in [-0.25, -0.2) is 4.98 Å². The average Bonchev–Trinajstić information content (AvgIpc) is 2.90. The normalized spacial score (nSPS) is 10.7. The van der Waals surface area contributed by atoms with Crippen LogP contribution in [0.4, 0.5) is 0 Å². The van der Waals surface area contributed by atoms with Crippen molar-refractivity contribution in [1.29, 1.82) is 0 Å². The molecule has 3 rings (SSSR count). The summed E-state index contributed by atoms with van der Waals surface area (Å²) >= 11 is 0. The molecule has 0 aliphatic carbocycles. The van der Waals surface area contributed by atoms with E-state index < -0.39 is 0 Å². The largest absolute Gasteiger partial charge is 0.342 e. The summed E-state index contributed by atoms with van der Waals surface area (Å²) < 4.78 is 0. The molecule has 2 heteroatoms. The topological polar surface area (TPSA) is 28.7 Å². The van der Waals surface area contributed by atoms with E-state index in [2.05, 4.69) is 55.2 Å². The van der Waals surface area contributed by atoms with Gasteiger partial charge in [-0.15, -0.1) is 0 Å². The Bertz CT molecular complexity index is 711. The van der Waals surface area contributed by atoms with E-state index in [1.807, 2.05) is 18.2 Å². The van der Waals surface area contributed by atoms with Gasteiger partial charge in [-0.3, -0.25) is 0 Å². The lowest BCUT2D eigenvalue weighted by atomic mass is 10.1. The number of hydrogen-bond donors (Lipinski definition) is 1. The van der Waals surface area contributed by atoms with Crippen LogP contribution in [0.5, 0.6) is 0 Å². The van der Waals surface area contributed by atoms with Crippen molar-refractivity contribution in [1.82, 2.24) is 9.97 Å². The van der Waals surface area contributed by atoms with Crippen LogP contribution in [-0.4, -0.2) is 9.97 Å². The Morgan fingerprint density at radius 1 is 0.950 bits per heavy atom. The maximum Gasteiger partial charge on any atom is 0.138 e. The first-order valence-electron chi connectivity index (χ1n) is 6.99. The number of rotatable bonds is 3. The summed E-state index contributed by atoms with van der Waals surface area (Å²) in [5.74, 6) is 0.931. The maximum atomic E-state index is 4.77.